The Morgan fingerprint density at radius 1 is 0.385 bits per heavy atom. The Kier molecular flexibility index (Phi) is 25.5. The monoisotopic (exact) mass is 1090 g/mol. The Morgan fingerprint density at radius 3 is 1.04 bits per heavy atom. The molecule has 0 heterocycles. The molecule has 78 heavy (non-hydrogen) atoms. The molecule has 0 spiro atoms. The molecule has 2 aromatic carbocycles. The lowest BCUT2D eigenvalue weighted by Gasteiger charge is -2.26. The van der Waals surface area contributed by atoms with Crippen LogP contribution in [0.2, 0.25) is 0 Å². The number of benzene rings is 2. The van der Waals surface area contributed by atoms with Crippen LogP contribution in [-0.2, 0) is 66.8 Å². The van der Waals surface area contributed by atoms with Crippen LogP contribution in [0.1, 0.15) is 150 Å². The smallest absolute Gasteiger partial charge is 0.342 e. The van der Waals surface area contributed by atoms with E-state index in [2.05, 4.69) is 13.2 Å². The summed E-state index contributed by atoms with van der Waals surface area (Å²) in [4.78, 5) is 128. The van der Waals surface area contributed by atoms with Gasteiger partial charge in [-0.25, -0.2) is 19.2 Å². The third kappa shape index (κ3) is 19.6. The summed E-state index contributed by atoms with van der Waals surface area (Å²) >= 11 is 0. The van der Waals surface area contributed by atoms with Gasteiger partial charge in [0, 0.05) is 12.2 Å². The van der Waals surface area contributed by atoms with Crippen molar-refractivity contribution in [2.45, 2.75) is 129 Å². The van der Waals surface area contributed by atoms with Gasteiger partial charge in [0.2, 0.25) is 0 Å². The van der Waals surface area contributed by atoms with Crippen LogP contribution < -0.4 is 18.9 Å². The molecule has 0 saturated heterocycles. The minimum absolute atomic E-state index is 0.0252. The normalized spacial score (nSPS) is 19.8. The summed E-state index contributed by atoms with van der Waals surface area (Å²) in [5, 5.41) is 0. The first kappa shape index (κ1) is 61.5. The van der Waals surface area contributed by atoms with Gasteiger partial charge in [0.05, 0.1) is 61.9 Å². The number of esters is 10. The van der Waals surface area contributed by atoms with E-state index in [0.717, 1.165) is 25.0 Å². The second-order valence-corrected chi connectivity index (χ2v) is 19.4. The summed E-state index contributed by atoms with van der Waals surface area (Å²) in [6.45, 7) is 10.9. The standard InChI is InChI=1S/C58H72O20/c1-5-9-29-72-57(67)45-35-43(75-53(63)39-17-13-37(14-18-39)51(61)71-32-12-11-31-69-49(59)7-3)25-27-47(45)77-55(65)41-21-23-42(24-22-41)56(66)78-48-28-26-44(36-46(48)58(68)73-30-10-6-2)76-54(64)40-19-15-38(16-20-40)52(62)74-34-33-70-50(60)8-4/h7-8,25-28,35-42H,3-6,9-24,29-34H2,1-2H3. The zero-order valence-electron chi connectivity index (χ0n) is 44.6. The molecule has 3 aliphatic carbocycles. The fraction of sp³-hybridized carbons (Fsp3) is 0.552. The maximum Gasteiger partial charge on any atom is 0.342 e. The molecule has 3 aliphatic rings. The Morgan fingerprint density at radius 2 is 0.679 bits per heavy atom. The van der Waals surface area contributed by atoms with E-state index in [1.165, 1.54) is 36.4 Å². The van der Waals surface area contributed by atoms with Crippen LogP contribution in [0.3, 0.4) is 0 Å². The van der Waals surface area contributed by atoms with Gasteiger partial charge in [0.1, 0.15) is 47.3 Å². The summed E-state index contributed by atoms with van der Waals surface area (Å²) in [6.07, 6.45) is 9.79. The summed E-state index contributed by atoms with van der Waals surface area (Å²) in [5.41, 5.74) is -0.252. The first-order valence-corrected chi connectivity index (χ1v) is 27.0. The average Bonchev–Trinajstić information content (AvgIpc) is 3.48. The molecule has 0 amide bonds. The van der Waals surface area contributed by atoms with Crippen molar-refractivity contribution in [2.75, 3.05) is 39.6 Å². The van der Waals surface area contributed by atoms with E-state index in [4.69, 9.17) is 47.4 Å². The number of hydrogen-bond donors (Lipinski definition) is 0. The lowest BCUT2D eigenvalue weighted by molar-refractivity contribution is -0.155. The number of carbonyl (C=O) groups is 10. The Hall–Kier alpha value is -7.38. The second kappa shape index (κ2) is 32.4. The third-order valence-electron chi connectivity index (χ3n) is 13.8. The molecule has 5 rings (SSSR count). The van der Waals surface area contributed by atoms with Gasteiger partial charge in [0.25, 0.3) is 0 Å². The first-order chi connectivity index (χ1) is 37.6. The fourth-order valence-corrected chi connectivity index (χ4v) is 9.08. The zero-order valence-corrected chi connectivity index (χ0v) is 44.6. The predicted molar refractivity (Wildman–Crippen MR) is 276 cm³/mol. The van der Waals surface area contributed by atoms with Gasteiger partial charge in [-0.3, -0.25) is 28.8 Å². The molecule has 3 saturated carbocycles. The summed E-state index contributed by atoms with van der Waals surface area (Å²) in [7, 11) is 0. The molecule has 2 aromatic rings. The fourth-order valence-electron chi connectivity index (χ4n) is 9.08. The molecule has 20 heteroatoms. The maximum atomic E-state index is 13.6. The van der Waals surface area contributed by atoms with E-state index in [9.17, 15) is 47.9 Å². The van der Waals surface area contributed by atoms with Crippen LogP contribution in [0.25, 0.3) is 0 Å². The maximum absolute atomic E-state index is 13.6. The largest absolute Gasteiger partial charge is 0.465 e. The van der Waals surface area contributed by atoms with Gasteiger partial charge >= 0.3 is 59.7 Å². The lowest BCUT2D eigenvalue weighted by atomic mass is 9.82. The molecule has 20 nitrogen and oxygen atoms in total. The van der Waals surface area contributed by atoms with Gasteiger partial charge in [-0.15, -0.1) is 0 Å². The molecule has 0 N–H and O–H groups in total. The van der Waals surface area contributed by atoms with Gasteiger partial charge in [-0.2, -0.15) is 0 Å². The number of hydrogen-bond acceptors (Lipinski definition) is 20. The summed E-state index contributed by atoms with van der Waals surface area (Å²) < 4.78 is 54.2. The molecule has 0 bridgehead atoms. The molecule has 0 radical (unpaired) electrons. The molecular formula is C58H72O20. The molecule has 0 aliphatic heterocycles. The Bertz CT molecular complexity index is 2440. The van der Waals surface area contributed by atoms with Crippen LogP contribution in [0.15, 0.2) is 61.7 Å². The molecule has 0 aromatic heterocycles. The average molecular weight is 1090 g/mol. The molecule has 0 unspecified atom stereocenters. The van der Waals surface area contributed by atoms with Gasteiger partial charge in [-0.1, -0.05) is 39.8 Å². The van der Waals surface area contributed by atoms with Crippen LogP contribution in [0.5, 0.6) is 23.0 Å². The number of rotatable bonds is 28. The lowest BCUT2D eigenvalue weighted by Crippen LogP contribution is -2.31. The molecule has 0 atom stereocenters. The van der Waals surface area contributed by atoms with E-state index >= 15 is 0 Å². The zero-order chi connectivity index (χ0) is 56.4. The SMILES string of the molecule is C=CC(=O)OCCCCOC(=O)C1CCC(C(=O)Oc2ccc(OC(=O)C3CCC(C(=O)Oc4ccc(OC(=O)C5CCC(C(=O)OCCOC(=O)C=C)CC5)cc4C(=O)OCCCC)CC3)c(C(=O)OCCCC)c2)CC1. The van der Waals surface area contributed by atoms with Crippen molar-refractivity contribution in [3.63, 3.8) is 0 Å². The van der Waals surface area contributed by atoms with E-state index in [1.807, 2.05) is 13.8 Å². The van der Waals surface area contributed by atoms with Crippen LogP contribution in [0, 0.1) is 35.5 Å². The van der Waals surface area contributed by atoms with Crippen molar-refractivity contribution in [1.29, 1.82) is 0 Å². The van der Waals surface area contributed by atoms with Crippen LogP contribution in [0.4, 0.5) is 0 Å². The Balaban J connectivity index is 1.13. The van der Waals surface area contributed by atoms with Gasteiger partial charge in [0.15, 0.2) is 0 Å². The first-order valence-electron chi connectivity index (χ1n) is 27.0. The van der Waals surface area contributed by atoms with Crippen LogP contribution >= 0.6 is 0 Å². The van der Waals surface area contributed by atoms with E-state index < -0.39 is 83.3 Å². The predicted octanol–water partition coefficient (Wildman–Crippen LogP) is 8.67. The second-order valence-electron chi connectivity index (χ2n) is 19.4. The van der Waals surface area contributed by atoms with Crippen molar-refractivity contribution in [3.8, 4) is 23.0 Å². The van der Waals surface area contributed by atoms with Gasteiger partial charge < -0.3 is 47.4 Å². The quantitative estimate of drug-likeness (QED) is 0.0253. The molecular weight excluding hydrogens is 1020 g/mol. The van der Waals surface area contributed by atoms with Crippen LogP contribution in [-0.4, -0.2) is 99.3 Å². The van der Waals surface area contributed by atoms with Crippen molar-refractivity contribution in [1.82, 2.24) is 0 Å². The number of ether oxygens (including phenoxy) is 10. The van der Waals surface area contributed by atoms with Crippen molar-refractivity contribution in [3.05, 3.63) is 72.8 Å². The molecule has 424 valence electrons. The highest BCUT2D eigenvalue weighted by Crippen LogP contribution is 2.37. The summed E-state index contributed by atoms with van der Waals surface area (Å²) in [5.74, 6) is -9.19. The summed E-state index contributed by atoms with van der Waals surface area (Å²) in [6, 6.07) is 8.09. The topological polar surface area (TPSA) is 263 Å². The number of carbonyl (C=O) groups excluding carboxylic acids is 10. The highest BCUT2D eigenvalue weighted by atomic mass is 16.6. The molecule has 3 fully saturated rings. The highest BCUT2D eigenvalue weighted by Gasteiger charge is 2.36. The minimum atomic E-state index is -0.788. The third-order valence-corrected chi connectivity index (χ3v) is 13.8. The Labute approximate surface area is 454 Å². The minimum Gasteiger partial charge on any atom is -0.465 e. The highest BCUT2D eigenvalue weighted by molar-refractivity contribution is 5.95. The van der Waals surface area contributed by atoms with E-state index in [1.54, 1.807) is 0 Å². The van der Waals surface area contributed by atoms with Crippen molar-refractivity contribution in [2.24, 2.45) is 35.5 Å². The van der Waals surface area contributed by atoms with Gasteiger partial charge in [-0.05, 0) is 139 Å². The number of unbranched alkanes of at least 4 members (excludes halogenated alkanes) is 3. The van der Waals surface area contributed by atoms with E-state index in [0.29, 0.717) is 77.0 Å². The van der Waals surface area contributed by atoms with Crippen molar-refractivity contribution < 1.29 is 95.3 Å². The van der Waals surface area contributed by atoms with Crippen molar-refractivity contribution >= 4 is 59.7 Å². The van der Waals surface area contributed by atoms with E-state index in [-0.39, 0.29) is 111 Å².